The van der Waals surface area contributed by atoms with E-state index in [0.29, 0.717) is 15.3 Å². The Bertz CT molecular complexity index is 602. The minimum absolute atomic E-state index is 0.178. The summed E-state index contributed by atoms with van der Waals surface area (Å²) in [5, 5.41) is 21.8. The molecule has 0 radical (unpaired) electrons. The molecule has 3 nitrogen and oxygen atoms in total. The molecule has 1 heterocycles. The number of halogens is 3. The van der Waals surface area contributed by atoms with Crippen LogP contribution in [0.25, 0.3) is 0 Å². The van der Waals surface area contributed by atoms with Crippen LogP contribution in [-0.4, -0.2) is 10.9 Å². The number of pyridine rings is 1. The lowest BCUT2D eigenvalue weighted by molar-refractivity contribution is -0.645. The predicted octanol–water partition coefficient (Wildman–Crippen LogP) is 3.16. The smallest absolute Gasteiger partial charge is 0.416 e. The van der Waals surface area contributed by atoms with Gasteiger partial charge in [-0.05, 0) is 23.8 Å². The van der Waals surface area contributed by atoms with Gasteiger partial charge in [-0.2, -0.15) is 17.9 Å². The molecule has 0 saturated carbocycles. The normalized spacial score (nSPS) is 13.1. The van der Waals surface area contributed by atoms with Crippen molar-refractivity contribution in [2.24, 2.45) is 0 Å². The second-order valence-corrected chi connectivity index (χ2v) is 5.35. The zero-order valence-corrected chi connectivity index (χ0v) is 11.6. The first-order valence-electron chi connectivity index (χ1n) is 6.04. The largest absolute Gasteiger partial charge is 0.618 e. The summed E-state index contributed by atoms with van der Waals surface area (Å²) < 4.78 is 38.0. The van der Waals surface area contributed by atoms with Crippen molar-refractivity contribution < 1.29 is 23.0 Å². The summed E-state index contributed by atoms with van der Waals surface area (Å²) in [4.78, 5) is 0. The molecule has 0 aliphatic heterocycles. The molecule has 7 heteroatoms. The zero-order valence-electron chi connectivity index (χ0n) is 10.7. The third-order valence-electron chi connectivity index (χ3n) is 2.80. The number of aliphatic hydroxyl groups excluding tert-OH is 1. The highest BCUT2D eigenvalue weighted by Gasteiger charge is 2.30. The van der Waals surface area contributed by atoms with E-state index in [1.54, 1.807) is 18.2 Å². The van der Waals surface area contributed by atoms with Gasteiger partial charge in [0, 0.05) is 17.9 Å². The Morgan fingerprint density at radius 3 is 2.38 bits per heavy atom. The first-order chi connectivity index (χ1) is 9.88. The van der Waals surface area contributed by atoms with Crippen molar-refractivity contribution in [2.45, 2.75) is 17.3 Å². The van der Waals surface area contributed by atoms with Gasteiger partial charge >= 0.3 is 6.18 Å². The number of rotatable bonds is 4. The Labute approximate surface area is 123 Å². The monoisotopic (exact) mass is 315 g/mol. The fourth-order valence-electron chi connectivity index (χ4n) is 1.68. The van der Waals surface area contributed by atoms with E-state index in [-0.39, 0.29) is 5.75 Å². The van der Waals surface area contributed by atoms with Crippen LogP contribution in [0.5, 0.6) is 0 Å². The van der Waals surface area contributed by atoms with Crippen LogP contribution in [0.1, 0.15) is 17.2 Å². The van der Waals surface area contributed by atoms with Gasteiger partial charge in [0.15, 0.2) is 6.20 Å². The number of aromatic nitrogens is 1. The third-order valence-corrected chi connectivity index (χ3v) is 3.89. The summed E-state index contributed by atoms with van der Waals surface area (Å²) in [5.74, 6) is 0.178. The summed E-state index contributed by atoms with van der Waals surface area (Å²) in [6, 6.07) is 9.23. The first kappa shape index (κ1) is 15.7. The van der Waals surface area contributed by atoms with Crippen molar-refractivity contribution >= 4 is 11.8 Å². The molecular weight excluding hydrogens is 303 g/mol. The molecule has 0 aliphatic carbocycles. The van der Waals surface area contributed by atoms with Crippen LogP contribution in [0, 0.1) is 5.21 Å². The van der Waals surface area contributed by atoms with Crippen molar-refractivity contribution in [2.75, 3.05) is 5.75 Å². The fourth-order valence-corrected chi connectivity index (χ4v) is 2.56. The molecule has 0 aliphatic rings. The van der Waals surface area contributed by atoms with Gasteiger partial charge in [0.1, 0.15) is 0 Å². The molecule has 0 saturated heterocycles. The highest BCUT2D eigenvalue weighted by molar-refractivity contribution is 7.99. The maximum atomic E-state index is 12.4. The van der Waals surface area contributed by atoms with E-state index in [9.17, 15) is 23.5 Å². The number of thioether (sulfide) groups is 1. The van der Waals surface area contributed by atoms with E-state index in [4.69, 9.17) is 0 Å². The van der Waals surface area contributed by atoms with Crippen LogP contribution in [0.3, 0.4) is 0 Å². The Morgan fingerprint density at radius 1 is 1.14 bits per heavy atom. The standard InChI is InChI=1S/C14H12F3NO2S/c15-14(16,17)11-6-4-10(5-7-11)12(19)9-21-13-3-1-2-8-18(13)20/h1-8,12,19H,9H2/t12-/m0/s1. The van der Waals surface area contributed by atoms with E-state index in [2.05, 4.69) is 0 Å². The van der Waals surface area contributed by atoms with Crippen molar-refractivity contribution in [1.82, 2.24) is 0 Å². The Hall–Kier alpha value is -1.73. The van der Waals surface area contributed by atoms with Gasteiger partial charge in [0.25, 0.3) is 5.03 Å². The highest BCUT2D eigenvalue weighted by Crippen LogP contribution is 2.30. The molecule has 21 heavy (non-hydrogen) atoms. The zero-order chi connectivity index (χ0) is 15.5. The number of aliphatic hydroxyl groups is 1. The SMILES string of the molecule is [O-][n+]1ccccc1SC[C@H](O)c1ccc(C(F)(F)F)cc1. The number of benzene rings is 1. The van der Waals surface area contributed by atoms with Crippen LogP contribution < -0.4 is 4.73 Å². The van der Waals surface area contributed by atoms with E-state index in [0.717, 1.165) is 23.9 Å². The van der Waals surface area contributed by atoms with Crippen molar-refractivity contribution in [1.29, 1.82) is 0 Å². The minimum Gasteiger partial charge on any atom is -0.618 e. The first-order valence-corrected chi connectivity index (χ1v) is 7.02. The average Bonchev–Trinajstić information content (AvgIpc) is 2.45. The minimum atomic E-state index is -4.39. The van der Waals surface area contributed by atoms with Crippen LogP contribution in [0.15, 0.2) is 53.7 Å². The van der Waals surface area contributed by atoms with Gasteiger partial charge in [-0.25, -0.2) is 0 Å². The molecule has 1 atom stereocenters. The Kier molecular flexibility index (Phi) is 4.74. The summed E-state index contributed by atoms with van der Waals surface area (Å²) in [6.45, 7) is 0. The van der Waals surface area contributed by atoms with Gasteiger partial charge in [-0.3, -0.25) is 0 Å². The summed E-state index contributed by atoms with van der Waals surface area (Å²) in [7, 11) is 0. The molecule has 112 valence electrons. The molecule has 2 rings (SSSR count). The van der Waals surface area contributed by atoms with Crippen LogP contribution in [0.2, 0.25) is 0 Å². The number of nitrogens with zero attached hydrogens (tertiary/aromatic N) is 1. The van der Waals surface area contributed by atoms with E-state index < -0.39 is 17.8 Å². The predicted molar refractivity (Wildman–Crippen MR) is 72.5 cm³/mol. The molecule has 0 amide bonds. The number of hydrogen-bond acceptors (Lipinski definition) is 3. The molecule has 1 aromatic heterocycles. The molecule has 2 aromatic rings. The number of alkyl halides is 3. The molecule has 0 fully saturated rings. The lowest BCUT2D eigenvalue weighted by atomic mass is 10.1. The summed E-state index contributed by atoms with van der Waals surface area (Å²) in [6.07, 6.45) is -4.00. The van der Waals surface area contributed by atoms with Gasteiger partial charge in [0.05, 0.1) is 11.7 Å². The van der Waals surface area contributed by atoms with Crippen molar-refractivity contribution in [3.8, 4) is 0 Å². The van der Waals surface area contributed by atoms with E-state index in [1.807, 2.05) is 0 Å². The van der Waals surface area contributed by atoms with Gasteiger partial charge in [-0.15, -0.1) is 0 Å². The summed E-state index contributed by atoms with van der Waals surface area (Å²) >= 11 is 1.14. The molecule has 1 N–H and O–H groups in total. The second kappa shape index (κ2) is 6.36. The molecular formula is C14H12F3NO2S. The van der Waals surface area contributed by atoms with Crippen molar-refractivity contribution in [3.63, 3.8) is 0 Å². The lowest BCUT2D eigenvalue weighted by Crippen LogP contribution is -2.28. The van der Waals surface area contributed by atoms with E-state index >= 15 is 0 Å². The van der Waals surface area contributed by atoms with Crippen LogP contribution in [-0.2, 0) is 6.18 Å². The van der Waals surface area contributed by atoms with Crippen LogP contribution in [0.4, 0.5) is 13.2 Å². The maximum absolute atomic E-state index is 12.4. The highest BCUT2D eigenvalue weighted by atomic mass is 32.2. The van der Waals surface area contributed by atoms with Crippen molar-refractivity contribution in [3.05, 3.63) is 65.0 Å². The number of hydrogen-bond donors (Lipinski definition) is 1. The maximum Gasteiger partial charge on any atom is 0.416 e. The van der Waals surface area contributed by atoms with E-state index in [1.165, 1.54) is 18.3 Å². The van der Waals surface area contributed by atoms with Crippen LogP contribution >= 0.6 is 11.8 Å². The fraction of sp³-hybridized carbons (Fsp3) is 0.214. The van der Waals surface area contributed by atoms with Gasteiger partial charge in [-0.1, -0.05) is 23.9 Å². The molecule has 0 unspecified atom stereocenters. The Morgan fingerprint density at radius 2 is 1.81 bits per heavy atom. The summed E-state index contributed by atoms with van der Waals surface area (Å²) in [5.41, 5.74) is -0.379. The molecule has 1 aromatic carbocycles. The lowest BCUT2D eigenvalue weighted by Gasteiger charge is -2.12. The van der Waals surface area contributed by atoms with Gasteiger partial charge < -0.3 is 10.3 Å². The second-order valence-electron chi connectivity index (χ2n) is 4.31. The Balaban J connectivity index is 2.01. The third kappa shape index (κ3) is 4.12. The quantitative estimate of drug-likeness (QED) is 0.535. The molecule has 0 bridgehead atoms. The topological polar surface area (TPSA) is 47.2 Å². The molecule has 0 spiro atoms. The van der Waals surface area contributed by atoms with Gasteiger partial charge in [0.2, 0.25) is 0 Å². The average molecular weight is 315 g/mol.